The van der Waals surface area contributed by atoms with Gasteiger partial charge in [-0.25, -0.2) is 9.18 Å². The molecule has 3 N–H and O–H groups in total. The van der Waals surface area contributed by atoms with E-state index in [2.05, 4.69) is 16.0 Å². The van der Waals surface area contributed by atoms with Gasteiger partial charge in [-0.15, -0.1) is 11.8 Å². The van der Waals surface area contributed by atoms with E-state index >= 15 is 0 Å². The minimum absolute atomic E-state index is 0.218. The predicted molar refractivity (Wildman–Crippen MR) is 90.3 cm³/mol. The Kier molecular flexibility index (Phi) is 5.99. The van der Waals surface area contributed by atoms with E-state index in [9.17, 15) is 14.0 Å². The Morgan fingerprint density at radius 3 is 2.61 bits per heavy atom. The lowest BCUT2D eigenvalue weighted by Crippen LogP contribution is -2.35. The van der Waals surface area contributed by atoms with E-state index in [1.165, 1.54) is 30.0 Å². The first kappa shape index (κ1) is 16.8. The summed E-state index contributed by atoms with van der Waals surface area (Å²) in [6.07, 6.45) is 1.91. The summed E-state index contributed by atoms with van der Waals surface area (Å²) in [7, 11) is 0. The topological polar surface area (TPSA) is 70.2 Å². The van der Waals surface area contributed by atoms with Crippen LogP contribution in [0, 0.1) is 5.82 Å². The van der Waals surface area contributed by atoms with Crippen LogP contribution in [0.15, 0.2) is 53.4 Å². The van der Waals surface area contributed by atoms with Crippen molar-refractivity contribution >= 4 is 35.1 Å². The molecule has 0 aliphatic rings. The van der Waals surface area contributed by atoms with Crippen molar-refractivity contribution in [3.8, 4) is 0 Å². The molecule has 0 bridgehead atoms. The van der Waals surface area contributed by atoms with Gasteiger partial charge in [0, 0.05) is 10.6 Å². The second-order valence-electron chi connectivity index (χ2n) is 4.57. The van der Waals surface area contributed by atoms with Crippen molar-refractivity contribution in [3.05, 3.63) is 54.3 Å². The zero-order valence-corrected chi connectivity index (χ0v) is 13.2. The number of halogens is 1. The Hall–Kier alpha value is -2.54. The fourth-order valence-corrected chi connectivity index (χ4v) is 2.40. The molecule has 120 valence electrons. The number of benzene rings is 2. The molecule has 0 unspecified atom stereocenters. The van der Waals surface area contributed by atoms with Crippen LogP contribution in [-0.4, -0.2) is 24.7 Å². The number of anilines is 2. The molecule has 3 amide bonds. The molecule has 5 nitrogen and oxygen atoms in total. The number of amides is 3. The van der Waals surface area contributed by atoms with Crippen molar-refractivity contribution in [3.63, 3.8) is 0 Å². The van der Waals surface area contributed by atoms with E-state index in [0.717, 1.165) is 4.90 Å². The highest BCUT2D eigenvalue weighted by Gasteiger charge is 2.08. The maximum Gasteiger partial charge on any atom is 0.319 e. The van der Waals surface area contributed by atoms with E-state index < -0.39 is 17.8 Å². The van der Waals surface area contributed by atoms with Gasteiger partial charge in [0.2, 0.25) is 5.91 Å². The monoisotopic (exact) mass is 333 g/mol. The molecule has 0 radical (unpaired) electrons. The number of rotatable bonds is 5. The zero-order chi connectivity index (χ0) is 16.7. The van der Waals surface area contributed by atoms with Crippen LogP contribution in [0.1, 0.15) is 0 Å². The second-order valence-corrected chi connectivity index (χ2v) is 5.41. The van der Waals surface area contributed by atoms with Gasteiger partial charge in [0.25, 0.3) is 0 Å². The summed E-state index contributed by atoms with van der Waals surface area (Å²) in [6, 6.07) is 12.4. The highest BCUT2D eigenvalue weighted by atomic mass is 32.2. The molecule has 2 aromatic carbocycles. The lowest BCUT2D eigenvalue weighted by atomic mass is 10.3. The average molecular weight is 333 g/mol. The molecule has 0 atom stereocenters. The fraction of sp³-hybridized carbons (Fsp3) is 0.125. The van der Waals surface area contributed by atoms with Crippen molar-refractivity contribution in [1.29, 1.82) is 0 Å². The second kappa shape index (κ2) is 8.19. The molecule has 0 spiro atoms. The number of thioether (sulfide) groups is 1. The molecule has 0 saturated carbocycles. The van der Waals surface area contributed by atoms with Gasteiger partial charge in [-0.3, -0.25) is 4.79 Å². The van der Waals surface area contributed by atoms with Crippen LogP contribution < -0.4 is 16.0 Å². The first-order valence-electron chi connectivity index (χ1n) is 6.82. The molecule has 0 saturated heterocycles. The third-order valence-corrected chi connectivity index (χ3v) is 3.67. The van der Waals surface area contributed by atoms with Crippen LogP contribution in [0.5, 0.6) is 0 Å². The van der Waals surface area contributed by atoms with Crippen LogP contribution >= 0.6 is 11.8 Å². The smallest absolute Gasteiger partial charge is 0.319 e. The average Bonchev–Trinajstić information content (AvgIpc) is 2.53. The molecule has 7 heteroatoms. The highest BCUT2D eigenvalue weighted by molar-refractivity contribution is 7.98. The zero-order valence-electron chi connectivity index (χ0n) is 12.4. The summed E-state index contributed by atoms with van der Waals surface area (Å²) in [5.74, 6) is -0.883. The summed E-state index contributed by atoms with van der Waals surface area (Å²) < 4.78 is 13.0. The summed E-state index contributed by atoms with van der Waals surface area (Å²) in [6.45, 7) is -0.218. The predicted octanol–water partition coefficient (Wildman–Crippen LogP) is 3.31. The maximum atomic E-state index is 13.0. The summed E-state index contributed by atoms with van der Waals surface area (Å²) >= 11 is 1.51. The van der Waals surface area contributed by atoms with Crippen molar-refractivity contribution in [1.82, 2.24) is 5.32 Å². The number of para-hydroxylation sites is 1. The minimum Gasteiger partial charge on any atom is -0.329 e. The van der Waals surface area contributed by atoms with E-state index in [1.54, 1.807) is 12.1 Å². The van der Waals surface area contributed by atoms with Crippen LogP contribution in [0.4, 0.5) is 20.6 Å². The lowest BCUT2D eigenvalue weighted by Gasteiger charge is -2.10. The summed E-state index contributed by atoms with van der Waals surface area (Å²) in [5, 5.41) is 7.63. The molecule has 0 aliphatic carbocycles. The molecule has 2 rings (SSSR count). The van der Waals surface area contributed by atoms with Gasteiger partial charge in [0.05, 0.1) is 12.2 Å². The number of carbonyl (C=O) groups excluding carboxylic acids is 2. The Morgan fingerprint density at radius 1 is 1.09 bits per heavy atom. The van der Waals surface area contributed by atoms with Crippen LogP contribution in [0.2, 0.25) is 0 Å². The van der Waals surface area contributed by atoms with Gasteiger partial charge in [0.1, 0.15) is 5.82 Å². The first-order valence-corrected chi connectivity index (χ1v) is 8.04. The SMILES string of the molecule is CSc1ccccc1NC(=O)NCC(=O)Nc1cccc(F)c1. The Balaban J connectivity index is 1.83. The maximum absolute atomic E-state index is 13.0. The van der Waals surface area contributed by atoms with Crippen LogP contribution in [0.3, 0.4) is 0 Å². The number of hydrogen-bond donors (Lipinski definition) is 3. The molecule has 0 fully saturated rings. The minimum atomic E-state index is -0.485. The summed E-state index contributed by atoms with van der Waals surface area (Å²) in [4.78, 5) is 24.5. The quantitative estimate of drug-likeness (QED) is 0.735. The Labute approximate surface area is 137 Å². The normalized spacial score (nSPS) is 10.0. The van der Waals surface area contributed by atoms with Crippen molar-refractivity contribution in [2.45, 2.75) is 4.90 Å². The van der Waals surface area contributed by atoms with Crippen molar-refractivity contribution in [2.75, 3.05) is 23.4 Å². The molecular formula is C16H16FN3O2S. The van der Waals surface area contributed by atoms with Gasteiger partial charge < -0.3 is 16.0 Å². The van der Waals surface area contributed by atoms with Gasteiger partial charge in [-0.2, -0.15) is 0 Å². The molecular weight excluding hydrogens is 317 g/mol. The number of nitrogens with one attached hydrogen (secondary N) is 3. The number of urea groups is 1. The largest absolute Gasteiger partial charge is 0.329 e. The highest BCUT2D eigenvalue weighted by Crippen LogP contribution is 2.24. The van der Waals surface area contributed by atoms with E-state index in [4.69, 9.17) is 0 Å². The van der Waals surface area contributed by atoms with Crippen LogP contribution in [-0.2, 0) is 4.79 Å². The van der Waals surface area contributed by atoms with E-state index in [-0.39, 0.29) is 6.54 Å². The summed E-state index contributed by atoms with van der Waals surface area (Å²) in [5.41, 5.74) is 1.01. The van der Waals surface area contributed by atoms with E-state index in [1.807, 2.05) is 24.5 Å². The Morgan fingerprint density at radius 2 is 1.87 bits per heavy atom. The first-order chi connectivity index (χ1) is 11.1. The van der Waals surface area contributed by atoms with Crippen molar-refractivity contribution in [2.24, 2.45) is 0 Å². The van der Waals surface area contributed by atoms with Gasteiger partial charge in [0.15, 0.2) is 0 Å². The van der Waals surface area contributed by atoms with Crippen LogP contribution in [0.25, 0.3) is 0 Å². The third-order valence-electron chi connectivity index (χ3n) is 2.87. The molecule has 0 aromatic heterocycles. The third kappa shape index (κ3) is 5.30. The molecule has 2 aromatic rings. The van der Waals surface area contributed by atoms with Crippen molar-refractivity contribution < 1.29 is 14.0 Å². The molecule has 0 aliphatic heterocycles. The van der Waals surface area contributed by atoms with E-state index in [0.29, 0.717) is 11.4 Å². The fourth-order valence-electron chi connectivity index (χ4n) is 1.85. The standard InChI is InChI=1S/C16H16FN3O2S/c1-23-14-8-3-2-7-13(14)20-16(22)18-10-15(21)19-12-6-4-5-11(17)9-12/h2-9H,10H2,1H3,(H,19,21)(H2,18,20,22). The lowest BCUT2D eigenvalue weighted by molar-refractivity contribution is -0.115. The number of hydrogen-bond acceptors (Lipinski definition) is 3. The Bertz CT molecular complexity index is 709. The van der Waals surface area contributed by atoms with Gasteiger partial charge in [-0.1, -0.05) is 18.2 Å². The molecule has 23 heavy (non-hydrogen) atoms. The van der Waals surface area contributed by atoms with Gasteiger partial charge in [-0.05, 0) is 36.6 Å². The van der Waals surface area contributed by atoms with Gasteiger partial charge >= 0.3 is 6.03 Å². The number of carbonyl (C=O) groups is 2. The molecule has 0 heterocycles.